The topological polar surface area (TPSA) is 97.8 Å². The Morgan fingerprint density at radius 1 is 1.14 bits per heavy atom. The van der Waals surface area contributed by atoms with Gasteiger partial charge in [0, 0.05) is 41.8 Å². The van der Waals surface area contributed by atoms with Crippen molar-refractivity contribution in [1.29, 1.82) is 0 Å². The lowest BCUT2D eigenvalue weighted by molar-refractivity contribution is -0.116. The smallest absolute Gasteiger partial charge is 0.284 e. The Bertz CT molecular complexity index is 1530. The summed E-state index contributed by atoms with van der Waals surface area (Å²) < 4.78 is 57.0. The zero-order chi connectivity index (χ0) is 31.8. The normalized spacial score (nSPS) is 19.0. The van der Waals surface area contributed by atoms with Crippen LogP contribution in [0, 0.1) is 5.82 Å². The van der Waals surface area contributed by atoms with Crippen LogP contribution in [0.5, 0.6) is 5.75 Å². The monoisotopic (exact) mass is 653 g/mol. The van der Waals surface area contributed by atoms with E-state index in [2.05, 4.69) is 20.6 Å². The van der Waals surface area contributed by atoms with Gasteiger partial charge >= 0.3 is 0 Å². The number of nitrogens with zero attached hydrogens (tertiary/aromatic N) is 3. The molecule has 2 saturated heterocycles. The van der Waals surface area contributed by atoms with Crippen LogP contribution in [0.15, 0.2) is 59.4 Å². The molecular formula is C30H32Cl2F3N5O4. The molecule has 2 aromatic carbocycles. The zero-order valence-electron chi connectivity index (χ0n) is 24.3. The average Bonchev–Trinajstić information content (AvgIpc) is 3.42. The minimum absolute atomic E-state index is 0.0312. The number of amides is 1. The molecule has 0 bridgehead atoms. The molecule has 2 atom stereocenters. The summed E-state index contributed by atoms with van der Waals surface area (Å²) in [5.74, 6) is -1.98. The maximum Gasteiger partial charge on any atom is 0.284 e. The van der Waals surface area contributed by atoms with Gasteiger partial charge in [-0.15, -0.1) is 0 Å². The lowest BCUT2D eigenvalue weighted by Gasteiger charge is -2.24. The first kappa shape index (κ1) is 33.5. The van der Waals surface area contributed by atoms with Gasteiger partial charge in [-0.2, -0.15) is 0 Å². The van der Waals surface area contributed by atoms with Crippen molar-refractivity contribution < 1.29 is 32.2 Å². The molecule has 2 unspecified atom stereocenters. The van der Waals surface area contributed by atoms with Crippen LogP contribution in [-0.2, 0) is 14.3 Å². The van der Waals surface area contributed by atoms with Crippen molar-refractivity contribution in [2.45, 2.75) is 33.0 Å². The molecule has 14 heteroatoms. The fraction of sp³-hybridized carbons (Fsp3) is 0.367. The molecule has 0 saturated carbocycles. The number of nitrogens with one attached hydrogen (secondary N) is 2. The van der Waals surface area contributed by atoms with Crippen molar-refractivity contribution in [3.8, 4) is 5.75 Å². The number of benzene rings is 2. The fourth-order valence-corrected chi connectivity index (χ4v) is 4.62. The second-order valence-electron chi connectivity index (χ2n) is 9.88. The molecule has 0 aliphatic carbocycles. The van der Waals surface area contributed by atoms with Crippen LogP contribution in [-0.4, -0.2) is 72.4 Å². The third-order valence-electron chi connectivity index (χ3n) is 6.73. The molecule has 5 rings (SSSR count). The number of halogens is 5. The fourth-order valence-electron chi connectivity index (χ4n) is 4.44. The number of anilines is 3. The summed E-state index contributed by atoms with van der Waals surface area (Å²) >= 11 is 11.0. The van der Waals surface area contributed by atoms with Gasteiger partial charge in [0.15, 0.2) is 5.83 Å². The number of rotatable bonds is 8. The lowest BCUT2D eigenvalue weighted by Crippen LogP contribution is -2.36. The predicted octanol–water partition coefficient (Wildman–Crippen LogP) is 6.90. The summed E-state index contributed by atoms with van der Waals surface area (Å²) in [7, 11) is 0. The molecular weight excluding hydrogens is 622 g/mol. The van der Waals surface area contributed by atoms with Crippen LogP contribution in [0.3, 0.4) is 0 Å². The number of fused-ring (bicyclic) bond motifs is 2. The molecule has 0 radical (unpaired) electrons. The first-order chi connectivity index (χ1) is 21.0. The average molecular weight is 655 g/mol. The molecule has 3 aromatic rings. The second-order valence-corrected chi connectivity index (χ2v) is 10.9. The number of carbonyl (C=O) groups is 1. The summed E-state index contributed by atoms with van der Waals surface area (Å²) in [6.45, 7) is 7.52. The van der Waals surface area contributed by atoms with E-state index in [0.29, 0.717) is 61.1 Å². The van der Waals surface area contributed by atoms with Gasteiger partial charge in [-0.1, -0.05) is 23.2 Å². The Balaban J connectivity index is 0.000000670. The van der Waals surface area contributed by atoms with Gasteiger partial charge in [-0.05, 0) is 51.1 Å². The Morgan fingerprint density at radius 3 is 2.43 bits per heavy atom. The Labute approximate surface area is 263 Å². The van der Waals surface area contributed by atoms with Gasteiger partial charge in [-0.25, -0.2) is 23.1 Å². The van der Waals surface area contributed by atoms with Crippen molar-refractivity contribution in [1.82, 2.24) is 14.9 Å². The van der Waals surface area contributed by atoms with Gasteiger partial charge in [0.25, 0.3) is 5.91 Å². The first-order valence-corrected chi connectivity index (χ1v) is 14.6. The van der Waals surface area contributed by atoms with Crippen molar-refractivity contribution in [2.75, 3.05) is 50.1 Å². The van der Waals surface area contributed by atoms with E-state index < -0.39 is 17.6 Å². The predicted molar refractivity (Wildman–Crippen MR) is 164 cm³/mol. The maximum atomic E-state index is 14.8. The van der Waals surface area contributed by atoms with Gasteiger partial charge in [0.2, 0.25) is 0 Å². The Kier molecular flexibility index (Phi) is 11.8. The highest BCUT2D eigenvalue weighted by Gasteiger charge is 2.36. The highest BCUT2D eigenvalue weighted by Crippen LogP contribution is 2.34. The molecule has 1 amide bonds. The molecule has 0 spiro atoms. The summed E-state index contributed by atoms with van der Waals surface area (Å²) in [4.78, 5) is 23.3. The van der Waals surface area contributed by atoms with Crippen molar-refractivity contribution >= 4 is 57.2 Å². The summed E-state index contributed by atoms with van der Waals surface area (Å²) in [6, 6.07) is 7.40. The van der Waals surface area contributed by atoms with Gasteiger partial charge in [-0.3, -0.25) is 9.69 Å². The highest BCUT2D eigenvalue weighted by atomic mass is 35.5. The van der Waals surface area contributed by atoms with E-state index in [1.807, 2.05) is 4.90 Å². The number of aromatic nitrogens is 2. The molecule has 236 valence electrons. The minimum Gasteiger partial charge on any atom is -0.492 e. The van der Waals surface area contributed by atoms with E-state index in [1.54, 1.807) is 19.1 Å². The molecule has 2 N–H and O–H groups in total. The van der Waals surface area contributed by atoms with Crippen LogP contribution >= 0.6 is 23.2 Å². The second kappa shape index (κ2) is 15.5. The molecule has 2 aliphatic heterocycles. The SMILES string of the molecule is C/C(F)=C(\C)Cl.CCOc1cc2ncnc(Nc3ccc(F)c(Cl)c3)c2cc1NC(=O)/C(F)=C\CN1CC2OCCOC2C1. The maximum absolute atomic E-state index is 14.8. The molecule has 2 fully saturated rings. The number of carbonyl (C=O) groups excluding carboxylic acids is 1. The van der Waals surface area contributed by atoms with E-state index >= 15 is 0 Å². The van der Waals surface area contributed by atoms with E-state index in [1.165, 1.54) is 44.4 Å². The Morgan fingerprint density at radius 2 is 1.82 bits per heavy atom. The van der Waals surface area contributed by atoms with Gasteiger partial charge in [0.1, 0.15) is 29.5 Å². The van der Waals surface area contributed by atoms with Crippen LogP contribution in [0.25, 0.3) is 10.9 Å². The summed E-state index contributed by atoms with van der Waals surface area (Å²) in [6.07, 6.45) is 2.53. The molecule has 1 aromatic heterocycles. The van der Waals surface area contributed by atoms with E-state index in [9.17, 15) is 18.0 Å². The van der Waals surface area contributed by atoms with Gasteiger partial charge < -0.3 is 24.8 Å². The molecule has 44 heavy (non-hydrogen) atoms. The number of allylic oxidation sites excluding steroid dienone is 2. The quantitative estimate of drug-likeness (QED) is 0.253. The van der Waals surface area contributed by atoms with Gasteiger partial charge in [0.05, 0.1) is 48.3 Å². The standard InChI is InChI=1S/C26H26ClF2N5O4.C4H6ClF/c1-2-36-22-11-20-16(25(31-14-30-20)32-15-3-4-18(28)17(27)9-15)10-21(22)33-26(35)19(29)5-6-34-12-23-24(13-34)38-8-7-37-23;1-3(5)4(2)6/h3-5,9-11,14,23-24H,2,6-8,12-13H2,1H3,(H,33,35)(H,30,31,32);1-2H3/b19-5+;4-3-. The number of hydrogen-bond acceptors (Lipinski definition) is 8. The third kappa shape index (κ3) is 8.82. The van der Waals surface area contributed by atoms with Crippen LogP contribution in [0.1, 0.15) is 20.8 Å². The molecule has 9 nitrogen and oxygen atoms in total. The first-order valence-electron chi connectivity index (χ1n) is 13.8. The van der Waals surface area contributed by atoms with Crippen LogP contribution in [0.4, 0.5) is 30.4 Å². The summed E-state index contributed by atoms with van der Waals surface area (Å²) in [5, 5.41) is 6.38. The van der Waals surface area contributed by atoms with Crippen molar-refractivity contribution in [2.24, 2.45) is 0 Å². The highest BCUT2D eigenvalue weighted by molar-refractivity contribution is 6.31. The van der Waals surface area contributed by atoms with Crippen LogP contribution < -0.4 is 15.4 Å². The zero-order valence-corrected chi connectivity index (χ0v) is 25.8. The largest absolute Gasteiger partial charge is 0.492 e. The van der Waals surface area contributed by atoms with Crippen molar-refractivity contribution in [3.05, 3.63) is 70.3 Å². The number of likely N-dealkylation sites (tertiary alicyclic amines) is 1. The molecule has 3 heterocycles. The van der Waals surface area contributed by atoms with E-state index in [-0.39, 0.29) is 40.3 Å². The van der Waals surface area contributed by atoms with E-state index in [0.717, 1.165) is 0 Å². The number of hydrogen-bond donors (Lipinski definition) is 2. The molecule has 2 aliphatic rings. The number of ether oxygens (including phenoxy) is 3. The summed E-state index contributed by atoms with van der Waals surface area (Å²) in [5.41, 5.74) is 1.27. The minimum atomic E-state index is -0.923. The Hall–Kier alpha value is -3.42. The lowest BCUT2D eigenvalue weighted by atomic mass is 10.1. The third-order valence-corrected chi connectivity index (χ3v) is 7.28. The van der Waals surface area contributed by atoms with Crippen LogP contribution in [0.2, 0.25) is 5.02 Å². The van der Waals surface area contributed by atoms with Crippen molar-refractivity contribution in [3.63, 3.8) is 0 Å². The van der Waals surface area contributed by atoms with E-state index in [4.69, 9.17) is 37.4 Å².